The third-order valence-corrected chi connectivity index (χ3v) is 6.51. The highest BCUT2D eigenvalue weighted by molar-refractivity contribution is 6.46. The van der Waals surface area contributed by atoms with Gasteiger partial charge in [0.15, 0.2) is 0 Å². The molecule has 1 aliphatic rings. The maximum Gasteiger partial charge on any atom is 0.295 e. The van der Waals surface area contributed by atoms with Crippen LogP contribution in [-0.2, 0) is 16.1 Å². The topological polar surface area (TPSA) is 79.7 Å². The SMILES string of the molecule is COc1cc(C)c(/C(O)=C2\C(=O)C(=O)N(Cc3cccnc3)C2c2ccc(Cl)cc2)cc1C(C)C. The average molecular weight is 491 g/mol. The van der Waals surface area contributed by atoms with Gasteiger partial charge in [-0.2, -0.15) is 0 Å². The molecule has 1 saturated heterocycles. The van der Waals surface area contributed by atoms with E-state index in [1.807, 2.05) is 39.0 Å². The minimum atomic E-state index is -0.781. The van der Waals surface area contributed by atoms with Crippen molar-refractivity contribution in [2.75, 3.05) is 7.11 Å². The smallest absolute Gasteiger partial charge is 0.295 e. The van der Waals surface area contributed by atoms with Crippen molar-refractivity contribution in [3.05, 3.63) is 99.3 Å². The van der Waals surface area contributed by atoms with E-state index in [2.05, 4.69) is 4.98 Å². The van der Waals surface area contributed by atoms with Crippen molar-refractivity contribution in [1.29, 1.82) is 0 Å². The number of rotatable bonds is 6. The van der Waals surface area contributed by atoms with Gasteiger partial charge in [-0.15, -0.1) is 0 Å². The number of Topliss-reactive ketones (excluding diaryl/α,β-unsaturated/α-hetero) is 1. The van der Waals surface area contributed by atoms with Gasteiger partial charge in [-0.05, 0) is 65.4 Å². The summed E-state index contributed by atoms with van der Waals surface area (Å²) >= 11 is 6.10. The van der Waals surface area contributed by atoms with Gasteiger partial charge in [0.25, 0.3) is 11.7 Å². The molecule has 4 rings (SSSR count). The molecule has 1 aromatic heterocycles. The molecule has 1 fully saturated rings. The Morgan fingerprint density at radius 1 is 1.17 bits per heavy atom. The maximum absolute atomic E-state index is 13.3. The number of methoxy groups -OCH3 is 1. The van der Waals surface area contributed by atoms with Gasteiger partial charge in [0.05, 0.1) is 18.7 Å². The number of ketones is 1. The van der Waals surface area contributed by atoms with E-state index in [1.165, 1.54) is 4.90 Å². The lowest BCUT2D eigenvalue weighted by Crippen LogP contribution is -2.29. The van der Waals surface area contributed by atoms with Crippen LogP contribution in [0.15, 0.2) is 66.5 Å². The largest absolute Gasteiger partial charge is 0.507 e. The summed E-state index contributed by atoms with van der Waals surface area (Å²) in [6.45, 7) is 6.06. The molecular formula is C28H27ClN2O4. The van der Waals surface area contributed by atoms with Crippen molar-refractivity contribution in [1.82, 2.24) is 9.88 Å². The van der Waals surface area contributed by atoms with Gasteiger partial charge in [0.1, 0.15) is 11.5 Å². The molecule has 0 saturated carbocycles. The molecule has 0 spiro atoms. The number of aliphatic hydroxyl groups excluding tert-OH is 1. The van der Waals surface area contributed by atoms with E-state index in [1.54, 1.807) is 49.8 Å². The Hall–Kier alpha value is -3.64. The molecule has 1 atom stereocenters. The molecule has 35 heavy (non-hydrogen) atoms. The second-order valence-corrected chi connectivity index (χ2v) is 9.34. The van der Waals surface area contributed by atoms with E-state index in [-0.39, 0.29) is 23.8 Å². The van der Waals surface area contributed by atoms with Gasteiger partial charge >= 0.3 is 0 Å². The summed E-state index contributed by atoms with van der Waals surface area (Å²) < 4.78 is 5.53. The minimum Gasteiger partial charge on any atom is -0.507 e. The number of pyridine rings is 1. The normalized spacial score (nSPS) is 17.3. The van der Waals surface area contributed by atoms with Crippen molar-refractivity contribution < 1.29 is 19.4 Å². The standard InChI is InChI=1S/C28H27ClN2O4/c1-16(2)21-13-22(17(3)12-23(21)35-4)26(32)24-25(19-7-9-20(29)10-8-19)31(28(34)27(24)33)15-18-6-5-11-30-14-18/h5-14,16,25,32H,15H2,1-4H3/b26-24+. The van der Waals surface area contributed by atoms with Gasteiger partial charge in [-0.1, -0.05) is 43.6 Å². The van der Waals surface area contributed by atoms with Crippen molar-refractivity contribution in [2.24, 2.45) is 0 Å². The molecule has 1 amide bonds. The number of halogens is 1. The Balaban J connectivity index is 1.91. The summed E-state index contributed by atoms with van der Waals surface area (Å²) in [5.74, 6) is -0.783. The van der Waals surface area contributed by atoms with E-state index in [9.17, 15) is 14.7 Å². The second kappa shape index (κ2) is 9.92. The first-order chi connectivity index (χ1) is 16.7. The van der Waals surface area contributed by atoms with Crippen LogP contribution in [0.3, 0.4) is 0 Å². The lowest BCUT2D eigenvalue weighted by atomic mass is 9.91. The molecule has 180 valence electrons. The Bertz CT molecular complexity index is 1300. The first kappa shape index (κ1) is 24.5. The van der Waals surface area contributed by atoms with Gasteiger partial charge in [-0.3, -0.25) is 14.6 Å². The number of amides is 1. The highest BCUT2D eigenvalue weighted by atomic mass is 35.5. The zero-order valence-corrected chi connectivity index (χ0v) is 20.8. The van der Waals surface area contributed by atoms with Crippen LogP contribution in [-0.4, -0.2) is 33.8 Å². The fourth-order valence-electron chi connectivity index (χ4n) is 4.45. The first-order valence-corrected chi connectivity index (χ1v) is 11.7. The van der Waals surface area contributed by atoms with Crippen LogP contribution in [0.2, 0.25) is 5.02 Å². The molecule has 2 aromatic carbocycles. The van der Waals surface area contributed by atoms with Crippen LogP contribution in [0.1, 0.15) is 53.6 Å². The summed E-state index contributed by atoms with van der Waals surface area (Å²) in [7, 11) is 1.60. The van der Waals surface area contributed by atoms with Gasteiger partial charge in [0.2, 0.25) is 0 Å². The molecule has 1 aliphatic heterocycles. The van der Waals surface area contributed by atoms with Gasteiger partial charge in [-0.25, -0.2) is 0 Å². The lowest BCUT2D eigenvalue weighted by molar-refractivity contribution is -0.140. The molecule has 0 bridgehead atoms. The lowest BCUT2D eigenvalue weighted by Gasteiger charge is -2.25. The highest BCUT2D eigenvalue weighted by Gasteiger charge is 2.46. The number of nitrogens with zero attached hydrogens (tertiary/aromatic N) is 2. The molecule has 6 nitrogen and oxygen atoms in total. The highest BCUT2D eigenvalue weighted by Crippen LogP contribution is 2.42. The number of aromatic nitrogens is 1. The minimum absolute atomic E-state index is 0.0455. The Morgan fingerprint density at radius 2 is 1.89 bits per heavy atom. The van der Waals surface area contributed by atoms with E-state index >= 15 is 0 Å². The maximum atomic E-state index is 13.3. The Labute approximate surface area is 209 Å². The predicted octanol–water partition coefficient (Wildman–Crippen LogP) is 5.80. The van der Waals surface area contributed by atoms with Gasteiger partial charge < -0.3 is 14.7 Å². The molecule has 0 radical (unpaired) electrons. The number of aliphatic hydroxyl groups is 1. The number of benzene rings is 2. The van der Waals surface area contributed by atoms with Crippen molar-refractivity contribution in [3.63, 3.8) is 0 Å². The number of hydrogen-bond acceptors (Lipinski definition) is 5. The van der Waals surface area contributed by atoms with Crippen LogP contribution >= 0.6 is 11.6 Å². The summed E-state index contributed by atoms with van der Waals surface area (Å²) in [5.41, 5.74) is 3.62. The molecular weight excluding hydrogens is 464 g/mol. The number of carbonyl (C=O) groups excluding carboxylic acids is 2. The molecule has 0 aliphatic carbocycles. The zero-order valence-electron chi connectivity index (χ0n) is 20.1. The number of hydrogen-bond donors (Lipinski definition) is 1. The van der Waals surface area contributed by atoms with Crippen LogP contribution in [0, 0.1) is 6.92 Å². The van der Waals surface area contributed by atoms with Gasteiger partial charge in [0, 0.05) is 29.5 Å². The fraction of sp³-hybridized carbons (Fsp3) is 0.250. The molecule has 1 unspecified atom stereocenters. The predicted molar refractivity (Wildman–Crippen MR) is 135 cm³/mol. The summed E-state index contributed by atoms with van der Waals surface area (Å²) in [6, 6.07) is 13.5. The fourth-order valence-corrected chi connectivity index (χ4v) is 4.58. The molecule has 1 N–H and O–H groups in total. The first-order valence-electron chi connectivity index (χ1n) is 11.3. The number of ether oxygens (including phenoxy) is 1. The van der Waals surface area contributed by atoms with Crippen LogP contribution in [0.5, 0.6) is 5.75 Å². The van der Waals surface area contributed by atoms with E-state index < -0.39 is 17.7 Å². The summed E-state index contributed by atoms with van der Waals surface area (Å²) in [5, 5.41) is 12.1. The molecule has 7 heteroatoms. The zero-order chi connectivity index (χ0) is 25.3. The number of carbonyl (C=O) groups is 2. The van der Waals surface area contributed by atoms with Crippen LogP contribution in [0.4, 0.5) is 0 Å². The molecule has 2 heterocycles. The number of aryl methyl sites for hydroxylation is 1. The summed E-state index contributed by atoms with van der Waals surface area (Å²) in [4.78, 5) is 32.2. The van der Waals surface area contributed by atoms with E-state index in [0.717, 1.165) is 16.7 Å². The third kappa shape index (κ3) is 4.66. The van der Waals surface area contributed by atoms with E-state index in [0.29, 0.717) is 21.9 Å². The monoisotopic (exact) mass is 490 g/mol. The van der Waals surface area contributed by atoms with Crippen LogP contribution < -0.4 is 4.74 Å². The van der Waals surface area contributed by atoms with Crippen LogP contribution in [0.25, 0.3) is 5.76 Å². The average Bonchev–Trinajstić information content (AvgIpc) is 3.09. The summed E-state index contributed by atoms with van der Waals surface area (Å²) in [6.07, 6.45) is 3.30. The van der Waals surface area contributed by atoms with Crippen molar-refractivity contribution in [2.45, 2.75) is 39.3 Å². The quantitative estimate of drug-likeness (QED) is 0.268. The Kier molecular flexibility index (Phi) is 6.94. The molecule has 3 aromatic rings. The second-order valence-electron chi connectivity index (χ2n) is 8.90. The number of likely N-dealkylation sites (tertiary alicyclic amines) is 1. The van der Waals surface area contributed by atoms with Crippen molar-refractivity contribution in [3.8, 4) is 5.75 Å². The third-order valence-electron chi connectivity index (χ3n) is 6.26. The van der Waals surface area contributed by atoms with Crippen molar-refractivity contribution >= 4 is 29.1 Å². The van der Waals surface area contributed by atoms with E-state index in [4.69, 9.17) is 16.3 Å². The Morgan fingerprint density at radius 3 is 2.49 bits per heavy atom.